The topological polar surface area (TPSA) is 3.24 Å². The molecule has 2 heteroatoms. The molecule has 0 radical (unpaired) electrons. The maximum Gasteiger partial charge on any atom is 0.000731 e. The van der Waals surface area contributed by atoms with Gasteiger partial charge in [0, 0.05) is 6.54 Å². The highest BCUT2D eigenvalue weighted by Crippen LogP contribution is 2.08. The molecule has 92 valence electrons. The van der Waals surface area contributed by atoms with E-state index < -0.39 is 0 Å². The van der Waals surface area contributed by atoms with Crippen molar-refractivity contribution in [3.8, 4) is 0 Å². The lowest BCUT2D eigenvalue weighted by molar-refractivity contribution is 0.229. The second-order valence-electron chi connectivity index (χ2n) is 4.63. The molecule has 0 saturated heterocycles. The number of rotatable bonds is 10. The molecule has 0 aromatic rings. The Morgan fingerprint density at radius 3 is 2.00 bits per heavy atom. The lowest BCUT2D eigenvalue weighted by atomic mass is 10.1. The minimum Gasteiger partial charge on any atom is -0.303 e. The summed E-state index contributed by atoms with van der Waals surface area (Å²) < 4.78 is 0. The van der Waals surface area contributed by atoms with Gasteiger partial charge in [0.1, 0.15) is 0 Å². The molecule has 0 rings (SSSR count). The summed E-state index contributed by atoms with van der Waals surface area (Å²) >= 11 is 4.31. The van der Waals surface area contributed by atoms with Crippen molar-refractivity contribution in [2.75, 3.05) is 25.4 Å². The Balaban J connectivity index is 3.76. The maximum atomic E-state index is 4.31. The van der Waals surface area contributed by atoms with Crippen molar-refractivity contribution in [2.24, 2.45) is 5.92 Å². The number of nitrogens with zero attached hydrogens (tertiary/aromatic N) is 1. The van der Waals surface area contributed by atoms with Crippen LogP contribution < -0.4 is 0 Å². The van der Waals surface area contributed by atoms with E-state index in [1.165, 1.54) is 51.7 Å². The van der Waals surface area contributed by atoms with Crippen LogP contribution in [0.25, 0.3) is 0 Å². The van der Waals surface area contributed by atoms with Crippen LogP contribution in [-0.4, -0.2) is 30.3 Å². The molecular formula is C13H29NS. The van der Waals surface area contributed by atoms with Gasteiger partial charge in [-0.05, 0) is 44.0 Å². The first-order chi connectivity index (χ1) is 7.24. The van der Waals surface area contributed by atoms with E-state index in [1.54, 1.807) is 0 Å². The van der Waals surface area contributed by atoms with E-state index in [0.717, 1.165) is 11.7 Å². The molecule has 0 aromatic carbocycles. The molecular weight excluding hydrogens is 202 g/mol. The highest BCUT2D eigenvalue weighted by atomic mass is 32.1. The van der Waals surface area contributed by atoms with Gasteiger partial charge in [0.25, 0.3) is 0 Å². The molecule has 1 nitrogen and oxygen atoms in total. The van der Waals surface area contributed by atoms with Crippen LogP contribution >= 0.6 is 12.6 Å². The molecule has 0 bridgehead atoms. The minimum atomic E-state index is 0.802. The fourth-order valence-corrected chi connectivity index (χ4v) is 2.25. The zero-order chi connectivity index (χ0) is 11.5. The van der Waals surface area contributed by atoms with Gasteiger partial charge in [-0.3, -0.25) is 0 Å². The fraction of sp³-hybridized carbons (Fsp3) is 1.00. The predicted octanol–water partition coefficient (Wildman–Crippen LogP) is 3.84. The van der Waals surface area contributed by atoms with Crippen molar-refractivity contribution in [3.63, 3.8) is 0 Å². The minimum absolute atomic E-state index is 0.802. The van der Waals surface area contributed by atoms with Crippen LogP contribution in [0.3, 0.4) is 0 Å². The van der Waals surface area contributed by atoms with Crippen LogP contribution in [-0.2, 0) is 0 Å². The van der Waals surface area contributed by atoms with Crippen LogP contribution in [0.4, 0.5) is 0 Å². The van der Waals surface area contributed by atoms with Crippen molar-refractivity contribution >= 4 is 12.6 Å². The van der Waals surface area contributed by atoms with Gasteiger partial charge in [-0.2, -0.15) is 12.6 Å². The van der Waals surface area contributed by atoms with Crippen LogP contribution in [0.2, 0.25) is 0 Å². The van der Waals surface area contributed by atoms with Gasteiger partial charge in [0.05, 0.1) is 0 Å². The smallest absolute Gasteiger partial charge is 0.000731 e. The summed E-state index contributed by atoms with van der Waals surface area (Å²) in [5, 5.41) is 0. The summed E-state index contributed by atoms with van der Waals surface area (Å²) in [5.74, 6) is 1.83. The second kappa shape index (κ2) is 10.8. The SMILES string of the molecule is CCCCN(CCCC)CC(C)CCS. The van der Waals surface area contributed by atoms with Crippen LogP contribution in [0, 0.1) is 5.92 Å². The largest absolute Gasteiger partial charge is 0.303 e. The van der Waals surface area contributed by atoms with Crippen molar-refractivity contribution in [1.82, 2.24) is 4.90 Å². The molecule has 0 saturated carbocycles. The third-order valence-corrected chi connectivity index (χ3v) is 3.11. The van der Waals surface area contributed by atoms with E-state index in [0.29, 0.717) is 0 Å². The molecule has 15 heavy (non-hydrogen) atoms. The molecule has 1 unspecified atom stereocenters. The van der Waals surface area contributed by atoms with E-state index in [4.69, 9.17) is 0 Å². The third-order valence-electron chi connectivity index (χ3n) is 2.85. The van der Waals surface area contributed by atoms with Gasteiger partial charge in [-0.1, -0.05) is 33.6 Å². The Kier molecular flexibility index (Phi) is 11.0. The first kappa shape index (κ1) is 15.3. The Bertz CT molecular complexity index is 120. The van der Waals surface area contributed by atoms with Gasteiger partial charge in [0.2, 0.25) is 0 Å². The van der Waals surface area contributed by atoms with Gasteiger partial charge >= 0.3 is 0 Å². The Morgan fingerprint density at radius 2 is 1.60 bits per heavy atom. The standard InChI is InChI=1S/C13H29NS/c1-4-6-9-14(10-7-5-2)12-13(3)8-11-15/h13,15H,4-12H2,1-3H3. The number of thiol groups is 1. The average molecular weight is 231 g/mol. The van der Waals surface area contributed by atoms with Crippen LogP contribution in [0.15, 0.2) is 0 Å². The van der Waals surface area contributed by atoms with E-state index in [1.807, 2.05) is 0 Å². The van der Waals surface area contributed by atoms with E-state index in [-0.39, 0.29) is 0 Å². The van der Waals surface area contributed by atoms with Gasteiger partial charge < -0.3 is 4.90 Å². The normalized spacial score (nSPS) is 13.4. The van der Waals surface area contributed by atoms with Gasteiger partial charge in [-0.25, -0.2) is 0 Å². The summed E-state index contributed by atoms with van der Waals surface area (Å²) in [6.07, 6.45) is 6.56. The Labute approximate surface area is 102 Å². The molecule has 1 atom stereocenters. The van der Waals surface area contributed by atoms with E-state index >= 15 is 0 Å². The fourth-order valence-electron chi connectivity index (χ4n) is 1.81. The highest BCUT2D eigenvalue weighted by molar-refractivity contribution is 7.80. The second-order valence-corrected chi connectivity index (χ2v) is 5.07. The molecule has 0 heterocycles. The summed E-state index contributed by atoms with van der Waals surface area (Å²) in [5.41, 5.74) is 0. The van der Waals surface area contributed by atoms with E-state index in [9.17, 15) is 0 Å². The third kappa shape index (κ3) is 9.25. The van der Waals surface area contributed by atoms with Crippen molar-refractivity contribution < 1.29 is 0 Å². The first-order valence-electron chi connectivity index (χ1n) is 6.57. The molecule has 0 aliphatic carbocycles. The molecule has 0 amide bonds. The predicted molar refractivity (Wildman–Crippen MR) is 73.9 cm³/mol. The summed E-state index contributed by atoms with van der Waals surface area (Å²) in [4.78, 5) is 2.64. The molecule has 0 fully saturated rings. The number of hydrogen-bond donors (Lipinski definition) is 1. The monoisotopic (exact) mass is 231 g/mol. The summed E-state index contributed by atoms with van der Waals surface area (Å²) in [6.45, 7) is 10.7. The van der Waals surface area contributed by atoms with Crippen LogP contribution in [0.1, 0.15) is 52.9 Å². The van der Waals surface area contributed by atoms with Gasteiger partial charge in [-0.15, -0.1) is 0 Å². The zero-order valence-electron chi connectivity index (χ0n) is 10.8. The molecule has 0 aromatic heterocycles. The highest BCUT2D eigenvalue weighted by Gasteiger charge is 2.08. The average Bonchev–Trinajstić information content (AvgIpc) is 2.22. The maximum absolute atomic E-state index is 4.31. The molecule has 0 aliphatic rings. The Morgan fingerprint density at radius 1 is 1.07 bits per heavy atom. The van der Waals surface area contributed by atoms with Crippen molar-refractivity contribution in [2.45, 2.75) is 52.9 Å². The number of hydrogen-bond acceptors (Lipinski definition) is 2. The van der Waals surface area contributed by atoms with Crippen LogP contribution in [0.5, 0.6) is 0 Å². The number of unbranched alkanes of at least 4 members (excludes halogenated alkanes) is 2. The summed E-state index contributed by atoms with van der Waals surface area (Å²) in [7, 11) is 0. The molecule has 0 aliphatic heterocycles. The van der Waals surface area contributed by atoms with Gasteiger partial charge in [0.15, 0.2) is 0 Å². The molecule has 0 spiro atoms. The molecule has 0 N–H and O–H groups in total. The lowest BCUT2D eigenvalue weighted by Crippen LogP contribution is -2.30. The van der Waals surface area contributed by atoms with E-state index in [2.05, 4.69) is 38.3 Å². The Hall–Kier alpha value is 0.310. The lowest BCUT2D eigenvalue weighted by Gasteiger charge is -2.25. The van der Waals surface area contributed by atoms with Crippen molar-refractivity contribution in [1.29, 1.82) is 0 Å². The summed E-state index contributed by atoms with van der Waals surface area (Å²) in [6, 6.07) is 0. The zero-order valence-corrected chi connectivity index (χ0v) is 11.7. The van der Waals surface area contributed by atoms with Crippen molar-refractivity contribution in [3.05, 3.63) is 0 Å². The first-order valence-corrected chi connectivity index (χ1v) is 7.21. The quantitative estimate of drug-likeness (QED) is 0.559.